The van der Waals surface area contributed by atoms with Gasteiger partial charge < -0.3 is 15.1 Å². The van der Waals surface area contributed by atoms with E-state index in [1.54, 1.807) is 23.1 Å². The number of hydrogen-bond donors (Lipinski definition) is 1. The van der Waals surface area contributed by atoms with Crippen LogP contribution in [-0.2, 0) is 0 Å². The maximum atomic E-state index is 14.5. The molecule has 0 bridgehead atoms. The van der Waals surface area contributed by atoms with E-state index < -0.39 is 10.7 Å². The van der Waals surface area contributed by atoms with E-state index in [0.29, 0.717) is 49.7 Å². The fourth-order valence-corrected chi connectivity index (χ4v) is 3.46. The first-order valence-electron chi connectivity index (χ1n) is 9.79. The number of carbonyl (C=O) groups excluding carboxylic acids is 2. The lowest BCUT2D eigenvalue weighted by Gasteiger charge is -2.36. The van der Waals surface area contributed by atoms with Crippen LogP contribution < -0.4 is 10.2 Å². The molecule has 1 N–H and O–H groups in total. The number of amides is 1. The topological polar surface area (TPSA) is 95.8 Å². The lowest BCUT2D eigenvalue weighted by Crippen LogP contribution is -2.49. The normalized spacial score (nSPS) is 13.6. The minimum atomic E-state index is -0.542. The Morgan fingerprint density at radius 1 is 1.19 bits per heavy atom. The summed E-state index contributed by atoms with van der Waals surface area (Å²) in [5.41, 5.74) is 1.21. The number of ketones is 1. The molecule has 1 amide bonds. The Kier molecular flexibility index (Phi) is 6.64. The number of carbonyl (C=O) groups is 2. The third-order valence-corrected chi connectivity index (χ3v) is 5.14. The van der Waals surface area contributed by atoms with E-state index in [1.165, 1.54) is 31.2 Å². The van der Waals surface area contributed by atoms with Crippen LogP contribution in [0, 0.1) is 15.9 Å². The summed E-state index contributed by atoms with van der Waals surface area (Å²) >= 11 is 0. The summed E-state index contributed by atoms with van der Waals surface area (Å²) in [6.07, 6.45) is 1.63. The molecule has 2 aromatic rings. The number of Topliss-reactive ketones (excluding diaryl/α,β-unsaturated/α-hetero) is 1. The fraction of sp³-hybridized carbons (Fsp3) is 0.273. The summed E-state index contributed by atoms with van der Waals surface area (Å²) in [4.78, 5) is 38.5. The number of anilines is 2. The first kappa shape index (κ1) is 21.9. The Morgan fingerprint density at radius 3 is 2.48 bits per heavy atom. The molecule has 1 aliphatic heterocycles. The predicted molar refractivity (Wildman–Crippen MR) is 116 cm³/mol. The smallest absolute Gasteiger partial charge is 0.270 e. The molecule has 0 radical (unpaired) electrons. The van der Waals surface area contributed by atoms with Crippen LogP contribution in [0.5, 0.6) is 0 Å². The fourth-order valence-electron chi connectivity index (χ4n) is 3.46. The van der Waals surface area contributed by atoms with E-state index >= 15 is 0 Å². The Morgan fingerprint density at radius 2 is 1.90 bits per heavy atom. The van der Waals surface area contributed by atoms with Crippen molar-refractivity contribution in [3.63, 3.8) is 0 Å². The van der Waals surface area contributed by atoms with Crippen molar-refractivity contribution in [1.29, 1.82) is 0 Å². The van der Waals surface area contributed by atoms with E-state index in [9.17, 15) is 24.1 Å². The van der Waals surface area contributed by atoms with Gasteiger partial charge in [-0.1, -0.05) is 6.08 Å². The summed E-state index contributed by atoms with van der Waals surface area (Å²) in [6.45, 7) is 6.86. The molecule has 3 rings (SSSR count). The minimum Gasteiger partial charge on any atom is -0.381 e. The number of nitro benzene ring substituents is 1. The van der Waals surface area contributed by atoms with Crippen molar-refractivity contribution in [3.8, 4) is 0 Å². The molecular weight excluding hydrogens is 403 g/mol. The minimum absolute atomic E-state index is 0.168. The molecule has 8 nitrogen and oxygen atoms in total. The van der Waals surface area contributed by atoms with Gasteiger partial charge in [-0.15, -0.1) is 6.58 Å². The maximum absolute atomic E-state index is 14.5. The average molecular weight is 426 g/mol. The lowest BCUT2D eigenvalue weighted by molar-refractivity contribution is -0.384. The van der Waals surface area contributed by atoms with Crippen molar-refractivity contribution in [1.82, 2.24) is 4.90 Å². The summed E-state index contributed by atoms with van der Waals surface area (Å²) in [5, 5.41) is 14.2. The zero-order chi connectivity index (χ0) is 22.5. The third-order valence-electron chi connectivity index (χ3n) is 5.14. The second-order valence-corrected chi connectivity index (χ2v) is 7.16. The van der Waals surface area contributed by atoms with E-state index in [-0.39, 0.29) is 22.9 Å². The van der Waals surface area contributed by atoms with Crippen molar-refractivity contribution in [3.05, 3.63) is 76.1 Å². The number of rotatable bonds is 7. The first-order valence-corrected chi connectivity index (χ1v) is 9.79. The van der Waals surface area contributed by atoms with Gasteiger partial charge >= 0.3 is 0 Å². The summed E-state index contributed by atoms with van der Waals surface area (Å²) in [7, 11) is 0. The molecule has 0 unspecified atom stereocenters. The summed E-state index contributed by atoms with van der Waals surface area (Å²) < 4.78 is 14.5. The van der Waals surface area contributed by atoms with Crippen LogP contribution >= 0.6 is 0 Å². The SMILES string of the molecule is C=CCNc1ccc([N+](=O)[O-])cc1C(=O)N1CCN(c2ccc(C(C)=O)cc2F)CC1. The maximum Gasteiger partial charge on any atom is 0.270 e. The molecule has 0 aliphatic carbocycles. The van der Waals surface area contributed by atoms with Gasteiger partial charge in [0.15, 0.2) is 5.78 Å². The molecule has 162 valence electrons. The molecule has 1 aliphatic rings. The van der Waals surface area contributed by atoms with Gasteiger partial charge in [-0.25, -0.2) is 4.39 Å². The Labute approximate surface area is 179 Å². The van der Waals surface area contributed by atoms with Crippen LogP contribution in [0.1, 0.15) is 27.6 Å². The van der Waals surface area contributed by atoms with Crippen molar-refractivity contribution >= 4 is 28.8 Å². The molecule has 1 fully saturated rings. The zero-order valence-corrected chi connectivity index (χ0v) is 17.1. The Bertz CT molecular complexity index is 1030. The number of halogens is 1. The van der Waals surface area contributed by atoms with E-state index in [4.69, 9.17) is 0 Å². The third kappa shape index (κ3) is 4.88. The molecule has 0 aromatic heterocycles. The van der Waals surface area contributed by atoms with Crippen LogP contribution in [0.2, 0.25) is 0 Å². The highest BCUT2D eigenvalue weighted by atomic mass is 19.1. The van der Waals surface area contributed by atoms with Crippen LogP contribution in [0.15, 0.2) is 49.1 Å². The molecule has 2 aromatic carbocycles. The van der Waals surface area contributed by atoms with E-state index in [1.807, 2.05) is 4.90 Å². The van der Waals surface area contributed by atoms with Crippen LogP contribution in [-0.4, -0.2) is 54.2 Å². The molecule has 1 saturated heterocycles. The second kappa shape index (κ2) is 9.38. The number of non-ortho nitro benzene ring substituents is 1. The highest BCUT2D eigenvalue weighted by Gasteiger charge is 2.26. The van der Waals surface area contributed by atoms with Crippen LogP contribution in [0.4, 0.5) is 21.5 Å². The molecule has 0 atom stereocenters. The Hall–Kier alpha value is -3.75. The average Bonchev–Trinajstić information content (AvgIpc) is 2.77. The van der Waals surface area contributed by atoms with Gasteiger partial charge in [0.05, 0.1) is 16.2 Å². The summed E-state index contributed by atoms with van der Waals surface area (Å²) in [5.74, 6) is -1.02. The summed E-state index contributed by atoms with van der Waals surface area (Å²) in [6, 6.07) is 8.49. The van der Waals surface area contributed by atoms with Crippen molar-refractivity contribution < 1.29 is 18.9 Å². The lowest BCUT2D eigenvalue weighted by atomic mass is 10.1. The van der Waals surface area contributed by atoms with Gasteiger partial charge in [0.25, 0.3) is 11.6 Å². The zero-order valence-electron chi connectivity index (χ0n) is 17.1. The number of nitrogens with zero attached hydrogens (tertiary/aromatic N) is 3. The molecule has 1 heterocycles. The first-order chi connectivity index (χ1) is 14.8. The van der Waals surface area contributed by atoms with Gasteiger partial charge in [0.2, 0.25) is 0 Å². The molecule has 0 saturated carbocycles. The highest BCUT2D eigenvalue weighted by Crippen LogP contribution is 2.26. The highest BCUT2D eigenvalue weighted by molar-refractivity contribution is 6.00. The molecule has 0 spiro atoms. The largest absolute Gasteiger partial charge is 0.381 e. The molecule has 31 heavy (non-hydrogen) atoms. The molecular formula is C22H23FN4O4. The quantitative estimate of drug-likeness (QED) is 0.315. The van der Waals surface area contributed by atoms with Crippen molar-refractivity contribution in [2.45, 2.75) is 6.92 Å². The molecule has 9 heteroatoms. The number of hydrogen-bond acceptors (Lipinski definition) is 6. The second-order valence-electron chi connectivity index (χ2n) is 7.16. The number of piperazine rings is 1. The monoisotopic (exact) mass is 426 g/mol. The van der Waals surface area contributed by atoms with Gasteiger partial charge in [-0.05, 0) is 31.2 Å². The van der Waals surface area contributed by atoms with Gasteiger partial charge in [0, 0.05) is 56.1 Å². The van der Waals surface area contributed by atoms with E-state index in [2.05, 4.69) is 11.9 Å². The van der Waals surface area contributed by atoms with Crippen molar-refractivity contribution in [2.24, 2.45) is 0 Å². The van der Waals surface area contributed by atoms with Crippen LogP contribution in [0.3, 0.4) is 0 Å². The van der Waals surface area contributed by atoms with E-state index in [0.717, 1.165) is 0 Å². The number of nitrogens with one attached hydrogen (secondary N) is 1. The van der Waals surface area contributed by atoms with Crippen molar-refractivity contribution in [2.75, 3.05) is 42.9 Å². The van der Waals surface area contributed by atoms with Gasteiger partial charge in [-0.3, -0.25) is 19.7 Å². The van der Waals surface area contributed by atoms with Gasteiger partial charge in [0.1, 0.15) is 5.82 Å². The number of nitro groups is 1. The Balaban J connectivity index is 1.75. The standard InChI is InChI=1S/C22H23FN4O4/c1-3-8-24-20-6-5-17(27(30)31)14-18(20)22(29)26-11-9-25(10-12-26)21-7-4-16(15(2)28)13-19(21)23/h3-7,13-14,24H,1,8-12H2,2H3. The predicted octanol–water partition coefficient (Wildman–Crippen LogP) is 3.50. The number of benzene rings is 2. The van der Waals surface area contributed by atoms with Crippen LogP contribution in [0.25, 0.3) is 0 Å². The van der Waals surface area contributed by atoms with Gasteiger partial charge in [-0.2, -0.15) is 0 Å².